The van der Waals surface area contributed by atoms with Gasteiger partial charge in [-0.25, -0.2) is 8.96 Å². The molecule has 0 radical (unpaired) electrons. The predicted molar refractivity (Wildman–Crippen MR) is 55.7 cm³/mol. The number of nitrogens with zero attached hydrogens (tertiary/aromatic N) is 1. The Morgan fingerprint density at radius 3 is 2.67 bits per heavy atom. The second-order valence-corrected chi connectivity index (χ2v) is 3.58. The topological polar surface area (TPSA) is 19.7 Å². The molecule has 1 N–H and O–H groups in total. The molecule has 0 amide bonds. The van der Waals surface area contributed by atoms with E-state index in [4.69, 9.17) is 0 Å². The average Bonchev–Trinajstić information content (AvgIpc) is 2.74. The number of hydrogen-bond donors (Lipinski definition) is 1. The van der Waals surface area contributed by atoms with Crippen LogP contribution >= 0.6 is 0 Å². The zero-order valence-corrected chi connectivity index (χ0v) is 8.49. The maximum atomic E-state index is 12.6. The molecule has 1 aromatic carbocycles. The molecule has 2 aromatic rings. The van der Waals surface area contributed by atoms with Crippen molar-refractivity contribution < 1.29 is 8.96 Å². The summed E-state index contributed by atoms with van der Waals surface area (Å²) in [6, 6.07) is 6.71. The van der Waals surface area contributed by atoms with Crippen LogP contribution in [0.15, 0.2) is 43.0 Å². The second kappa shape index (κ2) is 4.73. The van der Waals surface area contributed by atoms with Crippen LogP contribution in [0.2, 0.25) is 0 Å². The highest BCUT2D eigenvalue weighted by Gasteiger charge is 1.98. The van der Waals surface area contributed by atoms with E-state index in [1.165, 1.54) is 17.7 Å². The standard InChI is InChI=1S/C12H13FN2/c13-12-5-3-11(4-6-12)2-1-8-15-9-7-14-10-15/h3-7,9-10H,1-2,8H2/p+1. The molecule has 0 fully saturated rings. The van der Waals surface area contributed by atoms with Gasteiger partial charge in [0.05, 0.1) is 6.54 Å². The summed E-state index contributed by atoms with van der Waals surface area (Å²) in [6.45, 7) is 0.987. The summed E-state index contributed by atoms with van der Waals surface area (Å²) in [5.41, 5.74) is 1.19. The highest BCUT2D eigenvalue weighted by Crippen LogP contribution is 2.05. The molecule has 15 heavy (non-hydrogen) atoms. The van der Waals surface area contributed by atoms with Crippen LogP contribution in [0.1, 0.15) is 12.0 Å². The summed E-state index contributed by atoms with van der Waals surface area (Å²) in [4.78, 5) is 3.00. The monoisotopic (exact) mass is 205 g/mol. The molecule has 0 bridgehead atoms. The van der Waals surface area contributed by atoms with E-state index in [1.807, 2.05) is 30.9 Å². The van der Waals surface area contributed by atoms with E-state index in [2.05, 4.69) is 9.55 Å². The van der Waals surface area contributed by atoms with Crippen molar-refractivity contribution in [2.24, 2.45) is 0 Å². The van der Waals surface area contributed by atoms with Gasteiger partial charge in [0, 0.05) is 0 Å². The summed E-state index contributed by atoms with van der Waals surface area (Å²) < 4.78 is 14.7. The van der Waals surface area contributed by atoms with Gasteiger partial charge < -0.3 is 0 Å². The largest absolute Gasteiger partial charge is 0.250 e. The molecule has 1 heterocycles. The Hall–Kier alpha value is -1.64. The number of hydrogen-bond acceptors (Lipinski definition) is 0. The molecule has 1 aromatic heterocycles. The Kier molecular flexibility index (Phi) is 3.12. The molecule has 0 spiro atoms. The minimum atomic E-state index is -0.168. The molecule has 0 saturated carbocycles. The van der Waals surface area contributed by atoms with Gasteiger partial charge in [0.1, 0.15) is 18.2 Å². The lowest BCUT2D eigenvalue weighted by Gasteiger charge is -1.99. The van der Waals surface area contributed by atoms with E-state index in [1.54, 1.807) is 0 Å². The second-order valence-electron chi connectivity index (χ2n) is 3.58. The zero-order valence-electron chi connectivity index (χ0n) is 8.49. The van der Waals surface area contributed by atoms with Crippen LogP contribution in [0.5, 0.6) is 0 Å². The summed E-state index contributed by atoms with van der Waals surface area (Å²) in [6.07, 6.45) is 7.89. The van der Waals surface area contributed by atoms with Crippen LogP contribution < -0.4 is 4.57 Å². The van der Waals surface area contributed by atoms with Gasteiger partial charge >= 0.3 is 0 Å². The Morgan fingerprint density at radius 1 is 1.20 bits per heavy atom. The third kappa shape index (κ3) is 2.91. The minimum absolute atomic E-state index is 0.168. The lowest BCUT2D eigenvalue weighted by Crippen LogP contribution is -2.30. The van der Waals surface area contributed by atoms with Crippen molar-refractivity contribution in [3.63, 3.8) is 0 Å². The highest BCUT2D eigenvalue weighted by molar-refractivity contribution is 5.15. The van der Waals surface area contributed by atoms with Gasteiger partial charge in [-0.3, -0.25) is 4.98 Å². The number of halogens is 1. The molecular weight excluding hydrogens is 191 g/mol. The van der Waals surface area contributed by atoms with Crippen molar-refractivity contribution in [2.75, 3.05) is 0 Å². The van der Waals surface area contributed by atoms with Gasteiger partial charge in [0.2, 0.25) is 6.33 Å². The Labute approximate surface area is 88.4 Å². The van der Waals surface area contributed by atoms with Crippen LogP contribution in [0.4, 0.5) is 4.39 Å². The Bertz CT molecular complexity index is 392. The fourth-order valence-electron chi connectivity index (χ4n) is 1.58. The third-order valence-corrected chi connectivity index (χ3v) is 2.40. The summed E-state index contributed by atoms with van der Waals surface area (Å²) >= 11 is 0. The van der Waals surface area contributed by atoms with Gasteiger partial charge in [-0.15, -0.1) is 0 Å². The van der Waals surface area contributed by atoms with E-state index in [0.717, 1.165) is 19.4 Å². The van der Waals surface area contributed by atoms with Gasteiger partial charge in [-0.1, -0.05) is 12.1 Å². The van der Waals surface area contributed by atoms with Crippen molar-refractivity contribution in [3.05, 3.63) is 54.4 Å². The first-order valence-electron chi connectivity index (χ1n) is 5.11. The fourth-order valence-corrected chi connectivity index (χ4v) is 1.58. The van der Waals surface area contributed by atoms with Crippen molar-refractivity contribution in [1.29, 1.82) is 0 Å². The SMILES string of the molecule is Fc1ccc(CCC[n+]2cc[nH]c2)cc1. The first-order chi connectivity index (χ1) is 7.34. The minimum Gasteiger partial charge on any atom is -0.250 e. The quantitative estimate of drug-likeness (QED) is 0.737. The van der Waals surface area contributed by atoms with Crippen molar-refractivity contribution in [2.45, 2.75) is 19.4 Å². The smallest absolute Gasteiger partial charge is 0.241 e. The molecule has 2 nitrogen and oxygen atoms in total. The number of aromatic nitrogens is 2. The number of imidazole rings is 1. The lowest BCUT2D eigenvalue weighted by atomic mass is 10.1. The van der Waals surface area contributed by atoms with Crippen LogP contribution in [0.25, 0.3) is 0 Å². The molecule has 2 rings (SSSR count). The molecule has 0 aliphatic rings. The van der Waals surface area contributed by atoms with Crippen LogP contribution in [-0.4, -0.2) is 4.98 Å². The van der Waals surface area contributed by atoms with Crippen molar-refractivity contribution in [3.8, 4) is 0 Å². The van der Waals surface area contributed by atoms with E-state index >= 15 is 0 Å². The maximum absolute atomic E-state index is 12.6. The molecule has 0 atom stereocenters. The van der Waals surface area contributed by atoms with Crippen LogP contribution in [0.3, 0.4) is 0 Å². The Morgan fingerprint density at radius 2 is 2.00 bits per heavy atom. The number of H-pyrrole nitrogens is 1. The molecule has 0 aliphatic heterocycles. The first-order valence-corrected chi connectivity index (χ1v) is 5.11. The number of aryl methyl sites for hydroxylation is 2. The molecule has 0 saturated heterocycles. The van der Waals surface area contributed by atoms with Gasteiger partial charge in [0.25, 0.3) is 0 Å². The number of nitrogens with one attached hydrogen (secondary N) is 1. The summed E-state index contributed by atoms with van der Waals surface area (Å²) in [5, 5.41) is 0. The van der Waals surface area contributed by atoms with Crippen molar-refractivity contribution in [1.82, 2.24) is 4.98 Å². The molecule has 78 valence electrons. The number of benzene rings is 1. The van der Waals surface area contributed by atoms with E-state index in [0.29, 0.717) is 0 Å². The number of aromatic amines is 1. The molecular formula is C12H14FN2+. The summed E-state index contributed by atoms with van der Waals surface area (Å²) in [5.74, 6) is -0.168. The van der Waals surface area contributed by atoms with Gasteiger partial charge in [-0.2, -0.15) is 0 Å². The van der Waals surface area contributed by atoms with E-state index < -0.39 is 0 Å². The lowest BCUT2D eigenvalue weighted by molar-refractivity contribution is -0.696. The molecule has 0 unspecified atom stereocenters. The fraction of sp³-hybridized carbons (Fsp3) is 0.250. The molecule has 0 aliphatic carbocycles. The zero-order chi connectivity index (χ0) is 10.5. The van der Waals surface area contributed by atoms with E-state index in [9.17, 15) is 4.39 Å². The third-order valence-electron chi connectivity index (χ3n) is 2.40. The number of rotatable bonds is 4. The van der Waals surface area contributed by atoms with Gasteiger partial charge in [-0.05, 0) is 30.5 Å². The normalized spacial score (nSPS) is 10.5. The predicted octanol–water partition coefficient (Wildman–Crippen LogP) is 2.07. The first kappa shape index (κ1) is 9.90. The van der Waals surface area contributed by atoms with Gasteiger partial charge in [0.15, 0.2) is 0 Å². The molecule has 3 heteroatoms. The maximum Gasteiger partial charge on any atom is 0.241 e. The highest BCUT2D eigenvalue weighted by atomic mass is 19.1. The Balaban J connectivity index is 1.81. The summed E-state index contributed by atoms with van der Waals surface area (Å²) in [7, 11) is 0. The average molecular weight is 205 g/mol. The van der Waals surface area contributed by atoms with Crippen molar-refractivity contribution >= 4 is 0 Å². The van der Waals surface area contributed by atoms with Crippen LogP contribution in [0, 0.1) is 5.82 Å². The van der Waals surface area contributed by atoms with Crippen LogP contribution in [-0.2, 0) is 13.0 Å². The van der Waals surface area contributed by atoms with E-state index in [-0.39, 0.29) is 5.82 Å².